The fourth-order valence-corrected chi connectivity index (χ4v) is 1.04. The minimum Gasteiger partial charge on any atom is -0.483 e. The molecule has 60 valence electrons. The molecule has 0 aromatic heterocycles. The summed E-state index contributed by atoms with van der Waals surface area (Å²) in [7, 11) is 6.68. The maximum Gasteiger partial charge on any atom is 0.290 e. The lowest BCUT2D eigenvalue weighted by atomic mass is 10.4. The van der Waals surface area contributed by atoms with Crippen LogP contribution in [0.2, 0.25) is 0 Å². The summed E-state index contributed by atoms with van der Waals surface area (Å²) in [5.41, 5.74) is 0. The van der Waals surface area contributed by atoms with Gasteiger partial charge in [-0.15, -0.1) is 0 Å². The fourth-order valence-electron chi connectivity index (χ4n) is 0.472. The first-order valence-corrected chi connectivity index (χ1v) is 4.41. The Bertz CT molecular complexity index is 191. The molecule has 0 fully saturated rings. The molecule has 0 atom stereocenters. The molecule has 1 aromatic rings. The van der Waals surface area contributed by atoms with Crippen molar-refractivity contribution in [2.75, 3.05) is 0 Å². The van der Waals surface area contributed by atoms with Crippen molar-refractivity contribution < 1.29 is 9.90 Å². The van der Waals surface area contributed by atoms with Crippen LogP contribution in [0.4, 0.5) is 0 Å². The van der Waals surface area contributed by atoms with Gasteiger partial charge in [-0.25, -0.2) is 0 Å². The van der Waals surface area contributed by atoms with Crippen molar-refractivity contribution in [2.45, 2.75) is 4.90 Å². The number of carboxylic acid groups (broad SMARTS) is 1. The highest BCUT2D eigenvalue weighted by molar-refractivity contribution is 8.21. The molecule has 0 amide bonds. The van der Waals surface area contributed by atoms with E-state index >= 15 is 0 Å². The first-order valence-electron chi connectivity index (χ1n) is 2.76. The van der Waals surface area contributed by atoms with Gasteiger partial charge in [-0.1, -0.05) is 18.2 Å². The third-order valence-corrected chi connectivity index (χ3v) is 1.82. The predicted octanol–water partition coefficient (Wildman–Crippen LogP) is 2.63. The van der Waals surface area contributed by atoms with Gasteiger partial charge in [0.15, 0.2) is 0 Å². The zero-order chi connectivity index (χ0) is 8.53. The molecular weight excluding hydrogens is 184 g/mol. The number of halogens is 1. The summed E-state index contributed by atoms with van der Waals surface area (Å²) in [6.45, 7) is -0.250. The van der Waals surface area contributed by atoms with Crippen LogP contribution in [0.1, 0.15) is 0 Å². The molecule has 1 aromatic carbocycles. The van der Waals surface area contributed by atoms with E-state index in [4.69, 9.17) is 20.6 Å². The molecule has 0 saturated heterocycles. The first kappa shape index (κ1) is 10.3. The largest absolute Gasteiger partial charge is 0.483 e. The van der Waals surface area contributed by atoms with Crippen LogP contribution in [-0.4, -0.2) is 11.6 Å². The van der Waals surface area contributed by atoms with Gasteiger partial charge in [0, 0.05) is 4.90 Å². The summed E-state index contributed by atoms with van der Waals surface area (Å²) in [4.78, 5) is 9.45. The Morgan fingerprint density at radius 2 is 1.82 bits per heavy atom. The Balaban J connectivity index is 0.000000292. The summed E-state index contributed by atoms with van der Waals surface area (Å²) >= 11 is 0. The second-order valence-electron chi connectivity index (χ2n) is 1.50. The summed E-state index contributed by atoms with van der Waals surface area (Å²) in [6.07, 6.45) is 0. The van der Waals surface area contributed by atoms with E-state index in [1.807, 2.05) is 30.3 Å². The van der Waals surface area contributed by atoms with Gasteiger partial charge < -0.3 is 5.11 Å². The van der Waals surface area contributed by atoms with E-state index in [2.05, 4.69) is 0 Å². The van der Waals surface area contributed by atoms with Gasteiger partial charge in [0.2, 0.25) is 0 Å². The topological polar surface area (TPSA) is 37.3 Å². The molecule has 1 rings (SSSR count). The molecule has 0 aliphatic carbocycles. The van der Waals surface area contributed by atoms with Crippen molar-refractivity contribution >= 4 is 28.1 Å². The monoisotopic (exact) mass is 190 g/mol. The molecule has 0 spiro atoms. The Kier molecular flexibility index (Phi) is 6.98. The number of rotatable bonds is 1. The number of hydrogen-bond acceptors (Lipinski definition) is 2. The third kappa shape index (κ3) is 5.76. The summed E-state index contributed by atoms with van der Waals surface area (Å²) < 4.78 is 0. The van der Waals surface area contributed by atoms with E-state index in [0.29, 0.717) is 0 Å². The normalized spacial score (nSPS) is 7.73. The highest BCUT2D eigenvalue weighted by Gasteiger charge is 1.82. The van der Waals surface area contributed by atoms with Crippen LogP contribution in [0.15, 0.2) is 35.2 Å². The molecule has 1 N–H and O–H groups in total. The van der Waals surface area contributed by atoms with E-state index < -0.39 is 0 Å². The summed E-state index contributed by atoms with van der Waals surface area (Å²) in [5.74, 6) is 0. The quantitative estimate of drug-likeness (QED) is 0.692. The van der Waals surface area contributed by atoms with Crippen molar-refractivity contribution in [3.63, 3.8) is 0 Å². The number of hydrogen-bond donors (Lipinski definition) is 1. The SMILES string of the molecule is ClSc1ccccc1.O=CO. The van der Waals surface area contributed by atoms with Crippen molar-refractivity contribution in [1.29, 1.82) is 0 Å². The van der Waals surface area contributed by atoms with Crippen LogP contribution >= 0.6 is 21.7 Å². The zero-order valence-corrected chi connectivity index (χ0v) is 7.18. The van der Waals surface area contributed by atoms with Gasteiger partial charge in [0.05, 0.1) is 0 Å². The Labute approximate surface area is 73.7 Å². The molecule has 0 bridgehead atoms. The number of carbonyl (C=O) groups is 1. The predicted molar refractivity (Wildman–Crippen MR) is 46.8 cm³/mol. The Morgan fingerprint density at radius 3 is 2.09 bits per heavy atom. The second kappa shape index (κ2) is 7.44. The van der Waals surface area contributed by atoms with Gasteiger partial charge in [-0.05, 0) is 33.8 Å². The average molecular weight is 191 g/mol. The minimum absolute atomic E-state index is 0.250. The standard InChI is InChI=1S/C6H5ClS.CH2O2/c7-8-6-4-2-1-3-5-6;2-1-3/h1-5H;1H,(H,2,3). The lowest BCUT2D eigenvalue weighted by molar-refractivity contribution is -0.122. The Hall–Kier alpha value is -0.670. The van der Waals surface area contributed by atoms with Gasteiger partial charge in [0.25, 0.3) is 6.47 Å². The third-order valence-electron chi connectivity index (χ3n) is 0.832. The maximum absolute atomic E-state index is 8.36. The zero-order valence-electron chi connectivity index (χ0n) is 5.61. The summed E-state index contributed by atoms with van der Waals surface area (Å²) in [6, 6.07) is 9.83. The molecule has 2 nitrogen and oxygen atoms in total. The average Bonchev–Trinajstić information content (AvgIpc) is 2.08. The number of benzene rings is 1. The fraction of sp³-hybridized carbons (Fsp3) is 0. The van der Waals surface area contributed by atoms with Gasteiger partial charge in [-0.3, -0.25) is 4.79 Å². The lowest BCUT2D eigenvalue weighted by Crippen LogP contribution is -1.59. The molecule has 0 unspecified atom stereocenters. The van der Waals surface area contributed by atoms with Crippen molar-refractivity contribution in [3.8, 4) is 0 Å². The van der Waals surface area contributed by atoms with E-state index in [1.165, 1.54) is 11.0 Å². The summed E-state index contributed by atoms with van der Waals surface area (Å²) in [5, 5.41) is 6.89. The minimum atomic E-state index is -0.250. The van der Waals surface area contributed by atoms with Gasteiger partial charge in [0.1, 0.15) is 0 Å². The first-order chi connectivity index (χ1) is 5.35. The maximum atomic E-state index is 8.36. The van der Waals surface area contributed by atoms with Crippen LogP contribution < -0.4 is 0 Å². The molecule has 4 heteroatoms. The molecule has 0 heterocycles. The van der Waals surface area contributed by atoms with E-state index in [1.54, 1.807) is 0 Å². The highest BCUT2D eigenvalue weighted by Crippen LogP contribution is 2.19. The Morgan fingerprint density at radius 1 is 1.36 bits per heavy atom. The van der Waals surface area contributed by atoms with Crippen LogP contribution in [0.5, 0.6) is 0 Å². The van der Waals surface area contributed by atoms with Crippen molar-refractivity contribution in [3.05, 3.63) is 30.3 Å². The lowest BCUT2D eigenvalue weighted by Gasteiger charge is -1.86. The molecule has 0 radical (unpaired) electrons. The van der Waals surface area contributed by atoms with Crippen LogP contribution in [0.3, 0.4) is 0 Å². The second-order valence-corrected chi connectivity index (χ2v) is 2.58. The van der Waals surface area contributed by atoms with Crippen LogP contribution in [0, 0.1) is 0 Å². The van der Waals surface area contributed by atoms with Gasteiger partial charge >= 0.3 is 0 Å². The van der Waals surface area contributed by atoms with E-state index in [-0.39, 0.29) is 6.47 Å². The van der Waals surface area contributed by atoms with E-state index in [0.717, 1.165) is 4.90 Å². The molecule has 0 aliphatic rings. The van der Waals surface area contributed by atoms with Crippen molar-refractivity contribution in [2.24, 2.45) is 0 Å². The molecule has 11 heavy (non-hydrogen) atoms. The van der Waals surface area contributed by atoms with Crippen LogP contribution in [0.25, 0.3) is 0 Å². The van der Waals surface area contributed by atoms with Crippen LogP contribution in [-0.2, 0) is 4.79 Å². The highest BCUT2D eigenvalue weighted by atomic mass is 35.7. The van der Waals surface area contributed by atoms with Gasteiger partial charge in [-0.2, -0.15) is 0 Å². The molecule has 0 aliphatic heterocycles. The smallest absolute Gasteiger partial charge is 0.290 e. The van der Waals surface area contributed by atoms with E-state index in [9.17, 15) is 0 Å². The molecular formula is C7H7ClO2S. The van der Waals surface area contributed by atoms with Crippen molar-refractivity contribution in [1.82, 2.24) is 0 Å². The molecule has 0 saturated carbocycles.